The zero-order chi connectivity index (χ0) is 11.2. The van der Waals surface area contributed by atoms with Crippen molar-refractivity contribution in [3.63, 3.8) is 0 Å². The highest BCUT2D eigenvalue weighted by Gasteiger charge is 2.56. The van der Waals surface area contributed by atoms with E-state index in [1.165, 1.54) is 7.11 Å². The Morgan fingerprint density at radius 3 is 2.60 bits per heavy atom. The number of rotatable bonds is 1. The average Bonchev–Trinajstić information content (AvgIpc) is 2.45. The summed E-state index contributed by atoms with van der Waals surface area (Å²) < 4.78 is 22.5. The first-order chi connectivity index (χ1) is 7.06. The van der Waals surface area contributed by atoms with E-state index in [-0.39, 0.29) is 6.42 Å². The zero-order valence-electron chi connectivity index (χ0n) is 7.94. The molecule has 1 saturated heterocycles. The van der Waals surface area contributed by atoms with Crippen LogP contribution < -0.4 is 0 Å². The van der Waals surface area contributed by atoms with E-state index in [1.54, 1.807) is 0 Å². The van der Waals surface area contributed by atoms with Crippen LogP contribution in [0.3, 0.4) is 0 Å². The van der Waals surface area contributed by atoms with Gasteiger partial charge in [0.25, 0.3) is 0 Å². The lowest BCUT2D eigenvalue weighted by molar-refractivity contribution is -0.155. The van der Waals surface area contributed by atoms with Crippen LogP contribution in [0.4, 0.5) is 4.39 Å². The molecule has 15 heavy (non-hydrogen) atoms. The summed E-state index contributed by atoms with van der Waals surface area (Å²) >= 11 is 0. The fourth-order valence-corrected chi connectivity index (χ4v) is 2.09. The second-order valence-electron chi connectivity index (χ2n) is 3.64. The van der Waals surface area contributed by atoms with Crippen molar-refractivity contribution in [1.82, 2.24) is 0 Å². The van der Waals surface area contributed by atoms with Crippen LogP contribution in [0.5, 0.6) is 0 Å². The van der Waals surface area contributed by atoms with Gasteiger partial charge < -0.3 is 9.47 Å². The van der Waals surface area contributed by atoms with Gasteiger partial charge in [0.15, 0.2) is 12.0 Å². The lowest BCUT2D eigenvalue weighted by Crippen LogP contribution is -2.48. The minimum Gasteiger partial charge on any atom is -0.393 e. The number of methoxy groups -OCH3 is 1. The van der Waals surface area contributed by atoms with Crippen molar-refractivity contribution in [1.29, 1.82) is 0 Å². The number of fused-ring (bicyclic) bond motifs is 1. The van der Waals surface area contributed by atoms with Gasteiger partial charge in [-0.05, 0) is 0 Å². The molecule has 0 spiro atoms. The molecule has 82 valence electrons. The molecule has 6 heteroatoms. The van der Waals surface area contributed by atoms with Gasteiger partial charge in [0.2, 0.25) is 0 Å². The number of esters is 2. The molecule has 1 heterocycles. The minimum atomic E-state index is -1.85. The Kier molecular flexibility index (Phi) is 2.30. The SMILES string of the molecule is CO[C@@H]1[C@H]2C(=O)OC(=O)[C@@H]2CC(=O)[C@@H]1F. The van der Waals surface area contributed by atoms with Gasteiger partial charge in [0.1, 0.15) is 12.0 Å². The van der Waals surface area contributed by atoms with Gasteiger partial charge in [-0.1, -0.05) is 0 Å². The molecule has 2 aliphatic rings. The third kappa shape index (κ3) is 1.36. The first kappa shape index (κ1) is 10.2. The number of Topliss-reactive ketones (excluding diaryl/α,β-unsaturated/α-hetero) is 1. The highest BCUT2D eigenvalue weighted by Crippen LogP contribution is 2.37. The molecule has 0 amide bonds. The smallest absolute Gasteiger partial charge is 0.320 e. The van der Waals surface area contributed by atoms with E-state index in [1.807, 2.05) is 0 Å². The van der Waals surface area contributed by atoms with Crippen LogP contribution in [-0.2, 0) is 23.9 Å². The van der Waals surface area contributed by atoms with Crippen LogP contribution in [0.15, 0.2) is 0 Å². The number of halogens is 1. The van der Waals surface area contributed by atoms with E-state index in [4.69, 9.17) is 4.74 Å². The Morgan fingerprint density at radius 1 is 1.33 bits per heavy atom. The summed E-state index contributed by atoms with van der Waals surface area (Å²) in [6.45, 7) is 0. The molecule has 0 N–H and O–H groups in total. The zero-order valence-corrected chi connectivity index (χ0v) is 7.94. The molecule has 2 fully saturated rings. The van der Waals surface area contributed by atoms with Gasteiger partial charge in [-0.25, -0.2) is 4.39 Å². The van der Waals surface area contributed by atoms with Crippen LogP contribution in [0.25, 0.3) is 0 Å². The highest BCUT2D eigenvalue weighted by molar-refractivity contribution is 6.02. The minimum absolute atomic E-state index is 0.281. The van der Waals surface area contributed by atoms with Gasteiger partial charge in [-0.15, -0.1) is 0 Å². The predicted octanol–water partition coefficient (Wildman–Crippen LogP) is -0.372. The maximum atomic E-state index is 13.4. The number of carbonyl (C=O) groups excluding carboxylic acids is 3. The van der Waals surface area contributed by atoms with Crippen LogP contribution in [-0.4, -0.2) is 37.1 Å². The quantitative estimate of drug-likeness (QED) is 0.441. The summed E-state index contributed by atoms with van der Waals surface area (Å²) in [6.07, 6.45) is -3.33. The molecule has 4 atom stereocenters. The van der Waals surface area contributed by atoms with Crippen molar-refractivity contribution >= 4 is 17.7 Å². The molecule has 1 aliphatic carbocycles. The molecule has 0 aromatic rings. The Bertz CT molecular complexity index is 339. The molecule has 2 rings (SSSR count). The van der Waals surface area contributed by atoms with E-state index < -0.39 is 41.8 Å². The summed E-state index contributed by atoms with van der Waals surface area (Å²) in [7, 11) is 1.20. The average molecular weight is 216 g/mol. The molecule has 1 saturated carbocycles. The first-order valence-corrected chi connectivity index (χ1v) is 4.51. The Balaban J connectivity index is 2.33. The second-order valence-corrected chi connectivity index (χ2v) is 3.64. The summed E-state index contributed by atoms with van der Waals surface area (Å²) in [5.41, 5.74) is 0. The third-order valence-electron chi connectivity index (χ3n) is 2.85. The van der Waals surface area contributed by atoms with Crippen molar-refractivity contribution in [3.8, 4) is 0 Å². The van der Waals surface area contributed by atoms with Crippen molar-refractivity contribution < 1.29 is 28.2 Å². The topological polar surface area (TPSA) is 69.7 Å². The number of cyclic esters (lactones) is 2. The summed E-state index contributed by atoms with van der Waals surface area (Å²) in [4.78, 5) is 33.6. The summed E-state index contributed by atoms with van der Waals surface area (Å²) in [5.74, 6) is -4.12. The fourth-order valence-electron chi connectivity index (χ4n) is 2.09. The maximum absolute atomic E-state index is 13.4. The van der Waals surface area contributed by atoms with Gasteiger partial charge in [0, 0.05) is 13.5 Å². The number of carbonyl (C=O) groups is 3. The molecule has 0 aromatic carbocycles. The third-order valence-corrected chi connectivity index (χ3v) is 2.85. The monoisotopic (exact) mass is 216 g/mol. The Morgan fingerprint density at radius 2 is 2.00 bits per heavy atom. The fraction of sp³-hybridized carbons (Fsp3) is 0.667. The second kappa shape index (κ2) is 3.37. The summed E-state index contributed by atoms with van der Waals surface area (Å²) in [6, 6.07) is 0. The van der Waals surface area contributed by atoms with E-state index >= 15 is 0 Å². The lowest BCUT2D eigenvalue weighted by atomic mass is 9.77. The number of alkyl halides is 1. The van der Waals surface area contributed by atoms with Crippen LogP contribution >= 0.6 is 0 Å². The Labute approximate surface area is 84.5 Å². The number of hydrogen-bond donors (Lipinski definition) is 0. The standard InChI is InChI=1S/C9H9FO5/c1-14-7-5-3(2-4(11)6(7)10)8(12)15-9(5)13/h3,5-7H,2H2,1H3/t3-,5+,6+,7-/m1/s1. The van der Waals surface area contributed by atoms with E-state index in [2.05, 4.69) is 4.74 Å². The van der Waals surface area contributed by atoms with E-state index in [0.29, 0.717) is 0 Å². The van der Waals surface area contributed by atoms with Crippen LogP contribution in [0.2, 0.25) is 0 Å². The molecular weight excluding hydrogens is 207 g/mol. The first-order valence-electron chi connectivity index (χ1n) is 4.51. The van der Waals surface area contributed by atoms with Crippen molar-refractivity contribution in [2.24, 2.45) is 11.8 Å². The van der Waals surface area contributed by atoms with Crippen LogP contribution in [0, 0.1) is 11.8 Å². The van der Waals surface area contributed by atoms with E-state index in [9.17, 15) is 18.8 Å². The molecule has 1 aliphatic heterocycles. The van der Waals surface area contributed by atoms with Gasteiger partial charge in [0.05, 0.1) is 5.92 Å². The molecule has 5 nitrogen and oxygen atoms in total. The molecule has 0 radical (unpaired) electrons. The number of ketones is 1. The molecule has 0 aromatic heterocycles. The van der Waals surface area contributed by atoms with Gasteiger partial charge in [-0.2, -0.15) is 0 Å². The molecule has 0 unspecified atom stereocenters. The number of hydrogen-bond acceptors (Lipinski definition) is 5. The van der Waals surface area contributed by atoms with Gasteiger partial charge in [-0.3, -0.25) is 14.4 Å². The highest BCUT2D eigenvalue weighted by atomic mass is 19.1. The van der Waals surface area contributed by atoms with Crippen molar-refractivity contribution in [2.45, 2.75) is 18.7 Å². The lowest BCUT2D eigenvalue weighted by Gasteiger charge is -2.29. The number of ether oxygens (including phenoxy) is 2. The van der Waals surface area contributed by atoms with Crippen LogP contribution in [0.1, 0.15) is 6.42 Å². The largest absolute Gasteiger partial charge is 0.393 e. The maximum Gasteiger partial charge on any atom is 0.320 e. The van der Waals surface area contributed by atoms with Gasteiger partial charge >= 0.3 is 11.9 Å². The molecular formula is C9H9FO5. The van der Waals surface area contributed by atoms with Crippen molar-refractivity contribution in [2.75, 3.05) is 7.11 Å². The molecule has 0 bridgehead atoms. The Hall–Kier alpha value is -1.30. The summed E-state index contributed by atoms with van der Waals surface area (Å²) in [5, 5.41) is 0. The normalized spacial score (nSPS) is 40.3. The van der Waals surface area contributed by atoms with Crippen molar-refractivity contribution in [3.05, 3.63) is 0 Å². The van der Waals surface area contributed by atoms with E-state index in [0.717, 1.165) is 0 Å². The predicted molar refractivity (Wildman–Crippen MR) is 43.4 cm³/mol.